The molecule has 1 aliphatic rings. The quantitative estimate of drug-likeness (QED) is 0.410. The van der Waals surface area contributed by atoms with E-state index in [1.807, 2.05) is 12.1 Å². The van der Waals surface area contributed by atoms with Gasteiger partial charge >= 0.3 is 23.1 Å². The Morgan fingerprint density at radius 1 is 1.36 bits per heavy atom. The van der Waals surface area contributed by atoms with Gasteiger partial charge in [-0.3, -0.25) is 4.98 Å². The summed E-state index contributed by atoms with van der Waals surface area (Å²) < 4.78 is 5.24. The zero-order chi connectivity index (χ0) is 8.23. The average Bonchev–Trinajstić information content (AvgIpc) is 2.21. The van der Waals surface area contributed by atoms with E-state index in [4.69, 9.17) is 4.74 Å². The third kappa shape index (κ3) is 3.72. The minimum absolute atomic E-state index is 0. The van der Waals surface area contributed by atoms with Gasteiger partial charge in [0.2, 0.25) is 0 Å². The maximum absolute atomic E-state index is 5.24. The van der Waals surface area contributed by atoms with Crippen LogP contribution < -0.4 is 21.9 Å². The molecule has 0 aliphatic carbocycles. The standard InChI is InChI=1S/C9H11N2O.BrH.Mg/c1-2-4-10-9(3-1)11-5-7-12-8-6-11;;/h1,3-4H,5-8H2;1H;/q-1;;+2/p-1. The maximum atomic E-state index is 5.24. The van der Waals surface area contributed by atoms with Crippen LogP contribution in [0, 0.1) is 6.07 Å². The molecule has 14 heavy (non-hydrogen) atoms. The van der Waals surface area contributed by atoms with Crippen molar-refractivity contribution in [3.8, 4) is 0 Å². The molecule has 2 rings (SSSR count). The van der Waals surface area contributed by atoms with Crippen molar-refractivity contribution in [3.63, 3.8) is 0 Å². The minimum Gasteiger partial charge on any atom is -1.00 e. The summed E-state index contributed by atoms with van der Waals surface area (Å²) >= 11 is 0. The van der Waals surface area contributed by atoms with Crippen LogP contribution in [0.25, 0.3) is 0 Å². The van der Waals surface area contributed by atoms with Crippen molar-refractivity contribution in [1.29, 1.82) is 0 Å². The second kappa shape index (κ2) is 7.45. The molecule has 5 heteroatoms. The van der Waals surface area contributed by atoms with Gasteiger partial charge in [-0.2, -0.15) is 6.07 Å². The summed E-state index contributed by atoms with van der Waals surface area (Å²) in [5.74, 6) is 1.03. The Bertz CT molecular complexity index is 242. The van der Waals surface area contributed by atoms with E-state index >= 15 is 0 Å². The Morgan fingerprint density at radius 2 is 2.07 bits per heavy atom. The van der Waals surface area contributed by atoms with Gasteiger partial charge in [0, 0.05) is 18.9 Å². The molecule has 1 aromatic heterocycles. The van der Waals surface area contributed by atoms with E-state index in [2.05, 4.69) is 16.0 Å². The van der Waals surface area contributed by atoms with Crippen LogP contribution in [-0.2, 0) is 4.74 Å². The molecule has 0 radical (unpaired) electrons. The number of anilines is 1. The van der Waals surface area contributed by atoms with Crippen LogP contribution in [0.15, 0.2) is 18.3 Å². The molecule has 1 aromatic rings. The molecule has 0 saturated carbocycles. The van der Waals surface area contributed by atoms with E-state index in [-0.39, 0.29) is 40.0 Å². The molecule has 0 spiro atoms. The number of pyridine rings is 1. The monoisotopic (exact) mass is 266 g/mol. The van der Waals surface area contributed by atoms with Crippen LogP contribution in [-0.4, -0.2) is 54.3 Å². The Kier molecular flexibility index (Phi) is 7.53. The van der Waals surface area contributed by atoms with Crippen molar-refractivity contribution < 1.29 is 21.7 Å². The number of aromatic nitrogens is 1. The molecule has 1 aliphatic heterocycles. The van der Waals surface area contributed by atoms with Gasteiger partial charge < -0.3 is 26.6 Å². The van der Waals surface area contributed by atoms with E-state index in [1.165, 1.54) is 0 Å². The third-order valence-corrected chi connectivity index (χ3v) is 1.94. The molecule has 1 fully saturated rings. The third-order valence-electron chi connectivity index (χ3n) is 1.94. The molecular weight excluding hydrogens is 256 g/mol. The fraction of sp³-hybridized carbons (Fsp3) is 0.444. The molecule has 0 amide bonds. The number of ether oxygens (including phenoxy) is 1. The number of halogens is 1. The number of rotatable bonds is 1. The van der Waals surface area contributed by atoms with Crippen molar-refractivity contribution in [2.75, 3.05) is 31.2 Å². The van der Waals surface area contributed by atoms with Crippen molar-refractivity contribution in [2.24, 2.45) is 0 Å². The molecular formula is C9H11BrMgN2O. The van der Waals surface area contributed by atoms with Crippen molar-refractivity contribution in [2.45, 2.75) is 0 Å². The van der Waals surface area contributed by atoms with Gasteiger partial charge in [0.1, 0.15) is 0 Å². The van der Waals surface area contributed by atoms with Gasteiger partial charge in [-0.05, 0) is 0 Å². The number of morpholine rings is 1. The van der Waals surface area contributed by atoms with Crippen LogP contribution in [0.2, 0.25) is 0 Å². The molecule has 72 valence electrons. The van der Waals surface area contributed by atoms with E-state index in [9.17, 15) is 0 Å². The Morgan fingerprint density at radius 3 is 2.64 bits per heavy atom. The van der Waals surface area contributed by atoms with Gasteiger partial charge in [0.25, 0.3) is 0 Å². The van der Waals surface area contributed by atoms with Crippen molar-refractivity contribution in [3.05, 3.63) is 24.4 Å². The van der Waals surface area contributed by atoms with Gasteiger partial charge in [-0.15, -0.1) is 0 Å². The van der Waals surface area contributed by atoms with E-state index in [0.29, 0.717) is 0 Å². The van der Waals surface area contributed by atoms with E-state index in [0.717, 1.165) is 32.1 Å². The van der Waals surface area contributed by atoms with Crippen LogP contribution in [0.3, 0.4) is 0 Å². The average molecular weight is 267 g/mol. The molecule has 3 nitrogen and oxygen atoms in total. The molecule has 0 N–H and O–H groups in total. The van der Waals surface area contributed by atoms with Gasteiger partial charge in [-0.1, -0.05) is 6.20 Å². The zero-order valence-corrected chi connectivity index (χ0v) is 10.9. The smallest absolute Gasteiger partial charge is 1.00 e. The predicted octanol–water partition coefficient (Wildman–Crippen LogP) is -2.66. The maximum Gasteiger partial charge on any atom is 2.00 e. The summed E-state index contributed by atoms with van der Waals surface area (Å²) in [5.41, 5.74) is 0. The largest absolute Gasteiger partial charge is 2.00 e. The first-order valence-electron chi connectivity index (χ1n) is 4.11. The molecule has 0 unspecified atom stereocenters. The first-order valence-corrected chi connectivity index (χ1v) is 4.11. The zero-order valence-electron chi connectivity index (χ0n) is 7.95. The van der Waals surface area contributed by atoms with Crippen molar-refractivity contribution in [1.82, 2.24) is 4.98 Å². The summed E-state index contributed by atoms with van der Waals surface area (Å²) in [5, 5.41) is 0. The summed E-state index contributed by atoms with van der Waals surface area (Å²) in [7, 11) is 0. The molecule has 0 atom stereocenters. The topological polar surface area (TPSA) is 25.4 Å². The second-order valence-corrected chi connectivity index (χ2v) is 2.72. The Hall–Kier alpha value is 0.156. The normalized spacial score (nSPS) is 15.3. The fourth-order valence-electron chi connectivity index (χ4n) is 1.29. The van der Waals surface area contributed by atoms with Crippen LogP contribution in [0.4, 0.5) is 5.82 Å². The summed E-state index contributed by atoms with van der Waals surface area (Å²) in [6.07, 6.45) is 1.70. The predicted molar refractivity (Wildman–Crippen MR) is 51.9 cm³/mol. The van der Waals surface area contributed by atoms with Crippen molar-refractivity contribution >= 4 is 28.9 Å². The summed E-state index contributed by atoms with van der Waals surface area (Å²) in [6, 6.07) is 6.77. The van der Waals surface area contributed by atoms with Crippen LogP contribution in [0.1, 0.15) is 0 Å². The minimum atomic E-state index is 0. The van der Waals surface area contributed by atoms with Crippen LogP contribution in [0.5, 0.6) is 0 Å². The van der Waals surface area contributed by atoms with E-state index in [1.54, 1.807) is 6.20 Å². The van der Waals surface area contributed by atoms with Gasteiger partial charge in [0.05, 0.1) is 13.2 Å². The molecule has 1 saturated heterocycles. The first kappa shape index (κ1) is 14.2. The fourth-order valence-corrected chi connectivity index (χ4v) is 1.29. The van der Waals surface area contributed by atoms with E-state index < -0.39 is 0 Å². The first-order chi connectivity index (χ1) is 5.97. The second-order valence-electron chi connectivity index (χ2n) is 2.72. The Labute approximate surface area is 111 Å². The molecule has 2 heterocycles. The van der Waals surface area contributed by atoms with Crippen LogP contribution >= 0.6 is 0 Å². The van der Waals surface area contributed by atoms with Gasteiger partial charge in [-0.25, -0.2) is 12.1 Å². The SMILES string of the molecule is [Br-].[Mg+2].[c-]1ccc(N2CCOCC2)nc1. The summed E-state index contributed by atoms with van der Waals surface area (Å²) in [4.78, 5) is 6.44. The van der Waals surface area contributed by atoms with Gasteiger partial charge in [0.15, 0.2) is 0 Å². The number of nitrogens with zero attached hydrogens (tertiary/aromatic N) is 2. The Balaban J connectivity index is 0.000000845. The molecule has 0 aromatic carbocycles. The molecule has 0 bridgehead atoms. The number of hydrogen-bond acceptors (Lipinski definition) is 3. The number of hydrogen-bond donors (Lipinski definition) is 0. The summed E-state index contributed by atoms with van der Waals surface area (Å²) in [6.45, 7) is 3.49.